The van der Waals surface area contributed by atoms with E-state index in [1.807, 2.05) is 0 Å². The zero-order chi connectivity index (χ0) is 14.9. The summed E-state index contributed by atoms with van der Waals surface area (Å²) in [6, 6.07) is 8.13. The Morgan fingerprint density at radius 3 is 2.40 bits per heavy atom. The Labute approximate surface area is 130 Å². The van der Waals surface area contributed by atoms with Gasteiger partial charge in [-0.05, 0) is 46.6 Å². The van der Waals surface area contributed by atoms with Crippen LogP contribution in [0.3, 0.4) is 0 Å². The van der Waals surface area contributed by atoms with Crippen molar-refractivity contribution in [3.63, 3.8) is 0 Å². The number of phenols is 1. The Morgan fingerprint density at radius 2 is 1.90 bits per heavy atom. The molecule has 2 rings (SSSR count). The van der Waals surface area contributed by atoms with E-state index in [1.54, 1.807) is 44.3 Å². The van der Waals surface area contributed by atoms with E-state index in [4.69, 9.17) is 0 Å². The fraction of sp³-hybridized carbons (Fsp3) is 0.231. The average molecular weight is 376 g/mol. The van der Waals surface area contributed by atoms with Gasteiger partial charge >= 0.3 is 0 Å². The van der Waals surface area contributed by atoms with Crippen molar-refractivity contribution in [2.75, 3.05) is 7.05 Å². The van der Waals surface area contributed by atoms with Gasteiger partial charge in [0, 0.05) is 18.5 Å². The van der Waals surface area contributed by atoms with E-state index < -0.39 is 10.0 Å². The summed E-state index contributed by atoms with van der Waals surface area (Å²) in [6.45, 7) is 2.05. The maximum Gasteiger partial charge on any atom is 0.244 e. The first-order chi connectivity index (χ1) is 9.30. The van der Waals surface area contributed by atoms with E-state index in [2.05, 4.69) is 15.9 Å². The normalized spacial score (nSPS) is 12.0. The van der Waals surface area contributed by atoms with Crippen molar-refractivity contribution in [3.05, 3.63) is 44.6 Å². The van der Waals surface area contributed by atoms with Crippen molar-refractivity contribution in [1.29, 1.82) is 0 Å². The van der Waals surface area contributed by atoms with E-state index in [0.29, 0.717) is 4.90 Å². The second-order valence-corrected chi connectivity index (χ2v) is 9.05. The third-order valence-corrected chi connectivity index (χ3v) is 6.48. The predicted molar refractivity (Wildman–Crippen MR) is 83.5 cm³/mol. The minimum absolute atomic E-state index is 0.164. The third-order valence-electron chi connectivity index (χ3n) is 2.87. The molecule has 0 aliphatic carbocycles. The van der Waals surface area contributed by atoms with Gasteiger partial charge in [0.2, 0.25) is 10.0 Å². The molecule has 0 radical (unpaired) electrons. The zero-order valence-electron chi connectivity index (χ0n) is 11.0. The second kappa shape index (κ2) is 5.85. The maximum atomic E-state index is 12.5. The molecule has 0 saturated heterocycles. The van der Waals surface area contributed by atoms with Crippen LogP contribution in [0.5, 0.6) is 5.75 Å². The number of hydrogen-bond donors (Lipinski definition) is 1. The Morgan fingerprint density at radius 1 is 1.30 bits per heavy atom. The van der Waals surface area contributed by atoms with E-state index in [1.165, 1.54) is 15.6 Å². The number of nitrogens with zero attached hydrogens (tertiary/aromatic N) is 1. The molecular formula is C13H14BrNO3S2. The highest BCUT2D eigenvalue weighted by Gasteiger charge is 2.24. The van der Waals surface area contributed by atoms with Crippen LogP contribution < -0.4 is 0 Å². The number of hydrogen-bond acceptors (Lipinski definition) is 4. The standard InChI is InChI=1S/C13H14BrNO3S2/c1-9-12(7-13(14)19-9)20(17,18)15(2)8-10-3-5-11(16)6-4-10/h3-7,16H,8H2,1-2H3. The van der Waals surface area contributed by atoms with Crippen molar-refractivity contribution in [2.24, 2.45) is 0 Å². The Hall–Kier alpha value is -0.890. The molecule has 4 nitrogen and oxygen atoms in total. The average Bonchev–Trinajstić information content (AvgIpc) is 2.72. The molecule has 0 aliphatic rings. The number of benzene rings is 1. The minimum atomic E-state index is -3.51. The van der Waals surface area contributed by atoms with E-state index in [9.17, 15) is 13.5 Å². The highest BCUT2D eigenvalue weighted by atomic mass is 79.9. The van der Waals surface area contributed by atoms with E-state index in [0.717, 1.165) is 14.2 Å². The predicted octanol–water partition coefficient (Wildman–Crippen LogP) is 3.35. The monoisotopic (exact) mass is 375 g/mol. The molecule has 1 aromatic carbocycles. The van der Waals surface area contributed by atoms with Crippen LogP contribution in [0.1, 0.15) is 10.4 Å². The molecule has 108 valence electrons. The van der Waals surface area contributed by atoms with Crippen LogP contribution in [-0.4, -0.2) is 24.9 Å². The van der Waals surface area contributed by atoms with Crippen molar-refractivity contribution >= 4 is 37.3 Å². The minimum Gasteiger partial charge on any atom is -0.508 e. The van der Waals surface area contributed by atoms with Crippen LogP contribution >= 0.6 is 27.3 Å². The number of aromatic hydroxyl groups is 1. The summed E-state index contributed by atoms with van der Waals surface area (Å²) in [5, 5.41) is 9.23. The lowest BCUT2D eigenvalue weighted by Gasteiger charge is -2.17. The summed E-state index contributed by atoms with van der Waals surface area (Å²) in [6.07, 6.45) is 0. The number of aryl methyl sites for hydroxylation is 1. The van der Waals surface area contributed by atoms with Crippen LogP contribution in [0.15, 0.2) is 39.0 Å². The van der Waals surface area contributed by atoms with Gasteiger partial charge in [-0.1, -0.05) is 12.1 Å². The number of phenolic OH excluding ortho intramolecular Hbond substituents is 1. The molecule has 0 amide bonds. The molecule has 0 bridgehead atoms. The molecule has 0 spiro atoms. The quantitative estimate of drug-likeness (QED) is 0.891. The molecule has 0 unspecified atom stereocenters. The number of halogens is 1. The first-order valence-corrected chi connectivity index (χ1v) is 8.86. The van der Waals surface area contributed by atoms with Gasteiger partial charge < -0.3 is 5.11 Å². The Balaban J connectivity index is 2.25. The van der Waals surface area contributed by atoms with Gasteiger partial charge in [0.1, 0.15) is 5.75 Å². The Bertz CT molecular complexity index is 708. The van der Waals surface area contributed by atoms with E-state index in [-0.39, 0.29) is 12.3 Å². The second-order valence-electron chi connectivity index (χ2n) is 4.40. The highest BCUT2D eigenvalue weighted by molar-refractivity contribution is 9.11. The number of sulfonamides is 1. The lowest BCUT2D eigenvalue weighted by atomic mass is 10.2. The molecular weight excluding hydrogens is 362 g/mol. The van der Waals surface area contributed by atoms with Gasteiger partial charge in [0.25, 0.3) is 0 Å². The fourth-order valence-electron chi connectivity index (χ4n) is 1.80. The summed E-state index contributed by atoms with van der Waals surface area (Å²) in [5.41, 5.74) is 0.820. The largest absolute Gasteiger partial charge is 0.508 e. The fourth-order valence-corrected chi connectivity index (χ4v) is 5.34. The van der Waals surface area contributed by atoms with Crippen LogP contribution in [0, 0.1) is 6.92 Å². The molecule has 0 aliphatic heterocycles. The molecule has 2 aromatic rings. The summed E-state index contributed by atoms with van der Waals surface area (Å²) < 4.78 is 27.1. The lowest BCUT2D eigenvalue weighted by Crippen LogP contribution is -2.26. The van der Waals surface area contributed by atoms with Gasteiger partial charge in [0.05, 0.1) is 8.68 Å². The molecule has 0 saturated carbocycles. The number of thiophene rings is 1. The molecule has 1 N–H and O–H groups in total. The Kier molecular flexibility index (Phi) is 4.53. The molecule has 20 heavy (non-hydrogen) atoms. The van der Waals surface area contributed by atoms with Crippen LogP contribution in [-0.2, 0) is 16.6 Å². The summed E-state index contributed by atoms with van der Waals surface area (Å²) in [5.74, 6) is 0.164. The first kappa shape index (κ1) is 15.5. The van der Waals surface area contributed by atoms with Gasteiger partial charge in [-0.2, -0.15) is 4.31 Å². The van der Waals surface area contributed by atoms with Crippen molar-refractivity contribution in [3.8, 4) is 5.75 Å². The van der Waals surface area contributed by atoms with Crippen molar-refractivity contribution in [2.45, 2.75) is 18.4 Å². The van der Waals surface area contributed by atoms with Gasteiger partial charge in [-0.25, -0.2) is 8.42 Å². The SMILES string of the molecule is Cc1sc(Br)cc1S(=O)(=O)N(C)Cc1ccc(O)cc1. The smallest absolute Gasteiger partial charge is 0.244 e. The van der Waals surface area contributed by atoms with Crippen LogP contribution in [0.2, 0.25) is 0 Å². The van der Waals surface area contributed by atoms with E-state index >= 15 is 0 Å². The van der Waals surface area contributed by atoms with Crippen molar-refractivity contribution in [1.82, 2.24) is 4.31 Å². The highest BCUT2D eigenvalue weighted by Crippen LogP contribution is 2.31. The molecule has 0 fully saturated rings. The summed E-state index contributed by atoms with van der Waals surface area (Å²) >= 11 is 4.71. The maximum absolute atomic E-state index is 12.5. The third kappa shape index (κ3) is 3.22. The molecule has 1 heterocycles. The zero-order valence-corrected chi connectivity index (χ0v) is 14.2. The molecule has 0 atom stereocenters. The molecule has 1 aromatic heterocycles. The summed E-state index contributed by atoms with van der Waals surface area (Å²) in [4.78, 5) is 1.09. The topological polar surface area (TPSA) is 57.6 Å². The first-order valence-electron chi connectivity index (χ1n) is 5.81. The van der Waals surface area contributed by atoms with Crippen LogP contribution in [0.25, 0.3) is 0 Å². The number of rotatable bonds is 4. The van der Waals surface area contributed by atoms with Crippen LogP contribution in [0.4, 0.5) is 0 Å². The van der Waals surface area contributed by atoms with Gasteiger partial charge in [-0.15, -0.1) is 11.3 Å². The molecule has 7 heteroatoms. The lowest BCUT2D eigenvalue weighted by molar-refractivity contribution is 0.463. The van der Waals surface area contributed by atoms with Crippen molar-refractivity contribution < 1.29 is 13.5 Å². The van der Waals surface area contributed by atoms with Gasteiger partial charge in [-0.3, -0.25) is 0 Å². The summed E-state index contributed by atoms with van der Waals surface area (Å²) in [7, 11) is -1.96. The van der Waals surface area contributed by atoms with Gasteiger partial charge in [0.15, 0.2) is 0 Å².